The van der Waals surface area contributed by atoms with Crippen LogP contribution in [0.3, 0.4) is 0 Å². The maximum absolute atomic E-state index is 15.9. The summed E-state index contributed by atoms with van der Waals surface area (Å²) in [5.41, 5.74) is -1.08. The second kappa shape index (κ2) is 11.2. The third-order valence-electron chi connectivity index (χ3n) is 6.89. The van der Waals surface area contributed by atoms with Crippen molar-refractivity contribution in [3.63, 3.8) is 0 Å². The molecular weight excluding hydrogens is 530 g/mol. The van der Waals surface area contributed by atoms with Crippen molar-refractivity contribution >= 4 is 29.0 Å². The van der Waals surface area contributed by atoms with Crippen LogP contribution in [-0.4, -0.2) is 44.9 Å². The summed E-state index contributed by atoms with van der Waals surface area (Å²) in [5.74, 6) is -6.15. The topological polar surface area (TPSA) is 105 Å². The smallest absolute Gasteiger partial charge is 0.352 e. The van der Waals surface area contributed by atoms with E-state index >= 15 is 8.78 Å². The molecule has 0 saturated carbocycles. The predicted molar refractivity (Wildman–Crippen MR) is 149 cm³/mol. The maximum atomic E-state index is 15.9. The lowest BCUT2D eigenvalue weighted by Crippen LogP contribution is -2.34. The number of fused-ring (bicyclic) bond motifs is 1. The molecule has 4 aromatic rings. The highest BCUT2D eigenvalue weighted by Crippen LogP contribution is 2.44. The molecule has 3 aromatic carbocycles. The Hall–Kier alpha value is -5.12. The number of halogens is 2. The van der Waals surface area contributed by atoms with E-state index in [0.29, 0.717) is 23.5 Å². The van der Waals surface area contributed by atoms with Gasteiger partial charge in [0, 0.05) is 42.9 Å². The summed E-state index contributed by atoms with van der Waals surface area (Å²) in [5, 5.41) is 12.4. The highest BCUT2D eigenvalue weighted by Gasteiger charge is 2.44. The number of aliphatic carboxylic acids is 1. The minimum atomic E-state index is -3.69. The van der Waals surface area contributed by atoms with Crippen LogP contribution >= 0.6 is 0 Å². The van der Waals surface area contributed by atoms with Crippen LogP contribution in [0.15, 0.2) is 97.0 Å². The normalized spacial score (nSPS) is 15.4. The lowest BCUT2D eigenvalue weighted by Gasteiger charge is -2.23. The maximum Gasteiger partial charge on any atom is 0.352 e. The van der Waals surface area contributed by atoms with Crippen LogP contribution in [0.5, 0.6) is 0 Å². The highest BCUT2D eigenvalue weighted by atomic mass is 19.3. The van der Waals surface area contributed by atoms with Gasteiger partial charge in [-0.1, -0.05) is 55.5 Å². The number of benzene rings is 3. The van der Waals surface area contributed by atoms with Crippen LogP contribution in [0.1, 0.15) is 45.4 Å². The second-order valence-electron chi connectivity index (χ2n) is 9.39. The lowest BCUT2D eigenvalue weighted by atomic mass is 9.95. The Balaban J connectivity index is 1.63. The zero-order valence-electron chi connectivity index (χ0n) is 22.1. The molecule has 0 aliphatic carbocycles. The number of aromatic nitrogens is 2. The van der Waals surface area contributed by atoms with Crippen molar-refractivity contribution in [3.8, 4) is 5.69 Å². The monoisotopic (exact) mass is 556 g/mol. The van der Waals surface area contributed by atoms with Crippen LogP contribution in [0.2, 0.25) is 0 Å². The van der Waals surface area contributed by atoms with E-state index in [1.165, 1.54) is 29.2 Å². The molecule has 2 N–H and O–H groups in total. The molecule has 10 heteroatoms. The Morgan fingerprint density at radius 3 is 2.32 bits per heavy atom. The molecule has 0 spiro atoms. The summed E-state index contributed by atoms with van der Waals surface area (Å²) < 4.78 is 33.5. The second-order valence-corrected chi connectivity index (χ2v) is 9.39. The molecule has 2 amide bonds. The summed E-state index contributed by atoms with van der Waals surface area (Å²) in [6.07, 6.45) is 2.95. The van der Waals surface area contributed by atoms with Crippen molar-refractivity contribution in [1.29, 1.82) is 0 Å². The van der Waals surface area contributed by atoms with E-state index in [0.717, 1.165) is 0 Å². The van der Waals surface area contributed by atoms with Gasteiger partial charge in [0.2, 0.25) is 0 Å². The van der Waals surface area contributed by atoms with Crippen molar-refractivity contribution in [1.82, 2.24) is 14.9 Å². The number of amides is 2. The van der Waals surface area contributed by atoms with Crippen molar-refractivity contribution in [3.05, 3.63) is 119 Å². The number of imidazole rings is 1. The van der Waals surface area contributed by atoms with Gasteiger partial charge in [-0.05, 0) is 30.3 Å². The van der Waals surface area contributed by atoms with Crippen LogP contribution in [-0.2, 0) is 11.2 Å². The van der Waals surface area contributed by atoms with Crippen LogP contribution in [0.25, 0.3) is 11.3 Å². The molecular formula is C31H26F2N4O4. The number of carboxylic acids is 1. The van der Waals surface area contributed by atoms with Crippen molar-refractivity contribution in [2.24, 2.45) is 0 Å². The van der Waals surface area contributed by atoms with Gasteiger partial charge in [0.15, 0.2) is 0 Å². The first kappa shape index (κ1) is 27.4. The Bertz CT molecular complexity index is 1660. The van der Waals surface area contributed by atoms with E-state index < -0.39 is 41.4 Å². The molecule has 0 saturated heterocycles. The Morgan fingerprint density at radius 1 is 0.951 bits per heavy atom. The third kappa shape index (κ3) is 5.23. The van der Waals surface area contributed by atoms with Gasteiger partial charge in [0.25, 0.3) is 17.7 Å². The number of carbonyl (C=O) groups excluding carboxylic acids is 2. The number of hydrogen-bond donors (Lipinski definition) is 2. The number of nitrogens with zero attached hydrogens (tertiary/aromatic N) is 3. The van der Waals surface area contributed by atoms with Crippen molar-refractivity contribution in [2.75, 3.05) is 11.4 Å². The average molecular weight is 557 g/mol. The van der Waals surface area contributed by atoms with Crippen LogP contribution in [0.4, 0.5) is 14.5 Å². The van der Waals surface area contributed by atoms with E-state index in [9.17, 15) is 19.5 Å². The molecule has 0 unspecified atom stereocenters. The molecule has 0 atom stereocenters. The number of allylic oxidation sites excluding steroid dienone is 1. The molecule has 2 heterocycles. The molecule has 8 nitrogen and oxygen atoms in total. The number of carbonyl (C=O) groups is 3. The number of hydrogen-bond acceptors (Lipinski definition) is 4. The van der Waals surface area contributed by atoms with E-state index in [2.05, 4.69) is 10.3 Å². The molecule has 208 valence electrons. The number of para-hydroxylation sites is 2. The van der Waals surface area contributed by atoms with Gasteiger partial charge in [-0.15, -0.1) is 0 Å². The van der Waals surface area contributed by atoms with E-state index in [-0.39, 0.29) is 23.4 Å². The van der Waals surface area contributed by atoms with Crippen molar-refractivity contribution in [2.45, 2.75) is 25.7 Å². The fourth-order valence-corrected chi connectivity index (χ4v) is 4.97. The first-order valence-electron chi connectivity index (χ1n) is 13.0. The number of aryl methyl sites for hydroxylation is 1. The van der Waals surface area contributed by atoms with Gasteiger partial charge in [0.05, 0.1) is 22.5 Å². The zero-order chi connectivity index (χ0) is 29.1. The molecule has 5 rings (SSSR count). The number of nitrogens with one attached hydrogen (secondary N) is 1. The molecule has 0 radical (unpaired) electrons. The summed E-state index contributed by atoms with van der Waals surface area (Å²) in [6, 6.07) is 20.5. The molecule has 0 bridgehead atoms. The van der Waals surface area contributed by atoms with Gasteiger partial charge in [-0.3, -0.25) is 9.59 Å². The van der Waals surface area contributed by atoms with Crippen LogP contribution in [0, 0.1) is 0 Å². The summed E-state index contributed by atoms with van der Waals surface area (Å²) in [6.45, 7) is 1.53. The Labute approximate surface area is 234 Å². The fraction of sp³-hybridized carbons (Fsp3) is 0.161. The van der Waals surface area contributed by atoms with Gasteiger partial charge in [-0.25, -0.2) is 18.6 Å². The first-order chi connectivity index (χ1) is 19.7. The van der Waals surface area contributed by atoms with Gasteiger partial charge in [0.1, 0.15) is 11.5 Å². The Morgan fingerprint density at radius 2 is 1.61 bits per heavy atom. The van der Waals surface area contributed by atoms with Gasteiger partial charge in [-0.2, -0.15) is 0 Å². The number of carboxylic acid groups (broad SMARTS) is 1. The summed E-state index contributed by atoms with van der Waals surface area (Å²) in [4.78, 5) is 44.9. The minimum Gasteiger partial charge on any atom is -0.477 e. The van der Waals surface area contributed by atoms with E-state index in [4.69, 9.17) is 0 Å². The number of rotatable bonds is 6. The number of anilines is 1. The quantitative estimate of drug-likeness (QED) is 0.312. The fourth-order valence-electron chi connectivity index (χ4n) is 4.97. The molecule has 41 heavy (non-hydrogen) atoms. The SMILES string of the molecule is CCc1nccn1-c1ccccc1C(=O)NC(C(=O)O)=C1c2ccccc2N(C(=O)c2ccccc2)CCC1(F)F. The standard InChI is InChI=1S/C31H26F2N4O4/c1-2-25-34-17-19-36(25)24-15-9-7-13-22(24)28(38)35-27(30(40)41)26-21-12-6-8-14-23(21)37(18-16-31(26,32)33)29(39)20-10-4-3-5-11-20/h3-15,17,19H,2,16,18H2,1H3,(H,35,38)(H,40,41). The minimum absolute atomic E-state index is 0.0747. The molecule has 0 fully saturated rings. The van der Waals surface area contributed by atoms with Crippen molar-refractivity contribution < 1.29 is 28.3 Å². The summed E-state index contributed by atoms with van der Waals surface area (Å²) >= 11 is 0. The van der Waals surface area contributed by atoms with Crippen LogP contribution < -0.4 is 10.2 Å². The number of alkyl halides is 2. The lowest BCUT2D eigenvalue weighted by molar-refractivity contribution is -0.133. The van der Waals surface area contributed by atoms with E-state index in [1.54, 1.807) is 71.6 Å². The zero-order valence-corrected chi connectivity index (χ0v) is 22.1. The average Bonchev–Trinajstić information content (AvgIpc) is 3.42. The Kier molecular flexibility index (Phi) is 7.47. The first-order valence-corrected chi connectivity index (χ1v) is 13.0. The third-order valence-corrected chi connectivity index (χ3v) is 6.89. The van der Waals surface area contributed by atoms with Gasteiger partial charge < -0.3 is 19.9 Å². The van der Waals surface area contributed by atoms with Gasteiger partial charge >= 0.3 is 5.97 Å². The molecule has 1 aliphatic rings. The highest BCUT2D eigenvalue weighted by molar-refractivity contribution is 6.11. The molecule has 1 aromatic heterocycles. The largest absolute Gasteiger partial charge is 0.477 e. The predicted octanol–water partition coefficient (Wildman–Crippen LogP) is 5.35. The summed E-state index contributed by atoms with van der Waals surface area (Å²) in [7, 11) is 0. The van der Waals surface area contributed by atoms with E-state index in [1.807, 2.05) is 6.92 Å². The molecule has 1 aliphatic heterocycles.